The molecule has 0 radical (unpaired) electrons. The third-order valence-corrected chi connectivity index (χ3v) is 6.32. The number of nitrogens with zero attached hydrogens (tertiary/aromatic N) is 5. The first-order valence-electron chi connectivity index (χ1n) is 11.0. The predicted molar refractivity (Wildman–Crippen MR) is 115 cm³/mol. The molecule has 31 heavy (non-hydrogen) atoms. The Kier molecular flexibility index (Phi) is 5.63. The Bertz CT molecular complexity index is 1050. The molecule has 6 nitrogen and oxygen atoms in total. The summed E-state index contributed by atoms with van der Waals surface area (Å²) in [5.74, 6) is -0.538. The fourth-order valence-corrected chi connectivity index (χ4v) is 4.73. The van der Waals surface area contributed by atoms with Crippen LogP contribution in [0.1, 0.15) is 42.9 Å². The van der Waals surface area contributed by atoms with Gasteiger partial charge in [-0.1, -0.05) is 12.1 Å². The topological polar surface area (TPSA) is 60.9 Å². The van der Waals surface area contributed by atoms with Crippen LogP contribution >= 0.6 is 0 Å². The quantitative estimate of drug-likeness (QED) is 0.668. The van der Waals surface area contributed by atoms with E-state index in [0.29, 0.717) is 12.1 Å². The van der Waals surface area contributed by atoms with Gasteiger partial charge < -0.3 is 4.90 Å². The van der Waals surface area contributed by atoms with Gasteiger partial charge in [-0.05, 0) is 44.4 Å². The second kappa shape index (κ2) is 8.70. The second-order valence-electron chi connectivity index (χ2n) is 8.42. The minimum Gasteiger partial charge on any atom is -0.341 e. The first-order valence-corrected chi connectivity index (χ1v) is 11.0. The summed E-state index contributed by atoms with van der Waals surface area (Å²) in [7, 11) is 0. The number of hydrogen-bond donors (Lipinski definition) is 1. The van der Waals surface area contributed by atoms with Crippen LogP contribution in [0.3, 0.4) is 0 Å². The number of H-pyrrole nitrogens is 1. The lowest BCUT2D eigenvalue weighted by atomic mass is 9.91. The van der Waals surface area contributed by atoms with Crippen molar-refractivity contribution in [2.45, 2.75) is 38.1 Å². The summed E-state index contributed by atoms with van der Waals surface area (Å²) in [5, 5.41) is 7.49. The number of anilines is 1. The van der Waals surface area contributed by atoms with E-state index in [2.05, 4.69) is 25.0 Å². The Morgan fingerprint density at radius 2 is 1.94 bits per heavy atom. The lowest BCUT2D eigenvalue weighted by molar-refractivity contribution is 0.196. The Morgan fingerprint density at radius 1 is 1.06 bits per heavy atom. The van der Waals surface area contributed by atoms with Gasteiger partial charge >= 0.3 is 0 Å². The molecule has 0 bridgehead atoms. The molecule has 0 amide bonds. The van der Waals surface area contributed by atoms with Gasteiger partial charge in [0.2, 0.25) is 5.95 Å². The van der Waals surface area contributed by atoms with Crippen molar-refractivity contribution >= 4 is 5.95 Å². The van der Waals surface area contributed by atoms with E-state index in [-0.39, 0.29) is 5.92 Å². The lowest BCUT2D eigenvalue weighted by Crippen LogP contribution is -2.34. The average molecular weight is 424 g/mol. The number of piperidine rings is 1. The van der Waals surface area contributed by atoms with Crippen LogP contribution in [0, 0.1) is 11.6 Å². The fourth-order valence-electron chi connectivity index (χ4n) is 4.73. The molecule has 2 aromatic heterocycles. The maximum atomic E-state index is 14.1. The number of aromatic amines is 1. The summed E-state index contributed by atoms with van der Waals surface area (Å²) in [4.78, 5) is 13.7. The molecule has 1 aromatic carbocycles. The van der Waals surface area contributed by atoms with E-state index in [1.807, 2.05) is 18.5 Å². The van der Waals surface area contributed by atoms with E-state index in [0.717, 1.165) is 68.0 Å². The molecule has 8 heteroatoms. The van der Waals surface area contributed by atoms with Gasteiger partial charge in [0.25, 0.3) is 0 Å². The van der Waals surface area contributed by atoms with Gasteiger partial charge in [-0.2, -0.15) is 5.10 Å². The summed E-state index contributed by atoms with van der Waals surface area (Å²) in [6.07, 6.45) is 8.00. The molecular weight excluding hydrogens is 398 g/mol. The molecule has 2 aliphatic rings. The van der Waals surface area contributed by atoms with Crippen LogP contribution in [0.25, 0.3) is 11.3 Å². The van der Waals surface area contributed by atoms with Crippen molar-refractivity contribution in [1.29, 1.82) is 0 Å². The number of aromatic nitrogens is 4. The number of halogens is 2. The minimum atomic E-state index is -0.792. The molecule has 4 heterocycles. The van der Waals surface area contributed by atoms with Crippen LogP contribution in [-0.4, -0.2) is 51.2 Å². The van der Waals surface area contributed by atoms with Crippen LogP contribution in [0.5, 0.6) is 0 Å². The molecule has 1 N–H and O–H groups in total. The van der Waals surface area contributed by atoms with Gasteiger partial charge in [0.1, 0.15) is 0 Å². The number of hydrogen-bond acceptors (Lipinski definition) is 5. The van der Waals surface area contributed by atoms with E-state index in [9.17, 15) is 8.78 Å². The van der Waals surface area contributed by atoms with Crippen molar-refractivity contribution in [3.05, 3.63) is 59.6 Å². The summed E-state index contributed by atoms with van der Waals surface area (Å²) < 4.78 is 27.7. The van der Waals surface area contributed by atoms with Crippen LogP contribution in [0.4, 0.5) is 14.7 Å². The summed E-state index contributed by atoms with van der Waals surface area (Å²) in [5.41, 5.74) is 3.31. The zero-order valence-corrected chi connectivity index (χ0v) is 17.4. The van der Waals surface area contributed by atoms with E-state index < -0.39 is 11.6 Å². The first-order chi connectivity index (χ1) is 15.2. The molecule has 0 spiro atoms. The van der Waals surface area contributed by atoms with Gasteiger partial charge in [0.05, 0.1) is 11.9 Å². The Labute approximate surface area is 180 Å². The maximum Gasteiger partial charge on any atom is 0.225 e. The molecule has 0 unspecified atom stereocenters. The van der Waals surface area contributed by atoms with Crippen LogP contribution in [0.15, 0.2) is 36.7 Å². The normalized spacial score (nSPS) is 19.8. The highest BCUT2D eigenvalue weighted by molar-refractivity contribution is 5.63. The largest absolute Gasteiger partial charge is 0.341 e. The molecule has 162 valence electrons. The maximum absolute atomic E-state index is 14.1. The highest BCUT2D eigenvalue weighted by Crippen LogP contribution is 2.33. The van der Waals surface area contributed by atoms with Crippen molar-refractivity contribution in [2.75, 3.05) is 31.1 Å². The van der Waals surface area contributed by atoms with Crippen molar-refractivity contribution in [1.82, 2.24) is 25.1 Å². The first kappa shape index (κ1) is 20.1. The van der Waals surface area contributed by atoms with Crippen molar-refractivity contribution in [2.24, 2.45) is 0 Å². The SMILES string of the molecule is Fc1cccc(CN2CCC[C@H](c3[nH]ncc3-c3ccnc(N4CCCC4)n3)C2)c1F. The van der Waals surface area contributed by atoms with Crippen molar-refractivity contribution < 1.29 is 8.78 Å². The molecule has 2 aliphatic heterocycles. The number of benzene rings is 1. The van der Waals surface area contributed by atoms with Crippen molar-refractivity contribution in [3.63, 3.8) is 0 Å². The zero-order valence-electron chi connectivity index (χ0n) is 17.4. The molecule has 1 atom stereocenters. The molecular formula is C23H26F2N6. The van der Waals surface area contributed by atoms with Gasteiger partial charge in [-0.25, -0.2) is 18.7 Å². The van der Waals surface area contributed by atoms with Gasteiger partial charge in [0.15, 0.2) is 11.6 Å². The highest BCUT2D eigenvalue weighted by Gasteiger charge is 2.27. The third kappa shape index (κ3) is 4.17. The Hall–Kier alpha value is -2.87. The zero-order chi connectivity index (χ0) is 21.2. The van der Waals surface area contributed by atoms with Crippen LogP contribution in [-0.2, 0) is 6.54 Å². The number of nitrogens with one attached hydrogen (secondary N) is 1. The summed E-state index contributed by atoms with van der Waals surface area (Å²) in [6, 6.07) is 6.31. The van der Waals surface area contributed by atoms with E-state index in [4.69, 9.17) is 4.98 Å². The minimum absolute atomic E-state index is 0.230. The Balaban J connectivity index is 1.35. The molecule has 0 saturated carbocycles. The van der Waals surface area contributed by atoms with E-state index in [1.54, 1.807) is 12.1 Å². The predicted octanol–water partition coefficient (Wildman–Crippen LogP) is 4.12. The van der Waals surface area contributed by atoms with E-state index in [1.165, 1.54) is 12.8 Å². The smallest absolute Gasteiger partial charge is 0.225 e. The monoisotopic (exact) mass is 424 g/mol. The molecule has 5 rings (SSSR count). The van der Waals surface area contributed by atoms with Gasteiger partial charge in [0, 0.05) is 55.1 Å². The molecule has 2 saturated heterocycles. The Morgan fingerprint density at radius 3 is 2.81 bits per heavy atom. The molecule has 0 aliphatic carbocycles. The van der Waals surface area contributed by atoms with E-state index >= 15 is 0 Å². The summed E-state index contributed by atoms with van der Waals surface area (Å²) in [6.45, 7) is 4.01. The highest BCUT2D eigenvalue weighted by atomic mass is 19.2. The standard InChI is InChI=1S/C23H26F2N6/c24-19-7-3-5-16(21(19)25)14-30-10-4-6-17(15-30)22-18(13-27-29-22)20-8-9-26-23(28-20)31-11-1-2-12-31/h3,5,7-9,13,17H,1-2,4,6,10-12,14-15H2,(H,27,29)/t17-/m0/s1. The molecule has 2 fully saturated rings. The number of rotatable bonds is 5. The lowest BCUT2D eigenvalue weighted by Gasteiger charge is -2.32. The second-order valence-corrected chi connectivity index (χ2v) is 8.42. The fraction of sp³-hybridized carbons (Fsp3) is 0.435. The third-order valence-electron chi connectivity index (χ3n) is 6.32. The van der Waals surface area contributed by atoms with Gasteiger partial charge in [-0.3, -0.25) is 10.00 Å². The van der Waals surface area contributed by atoms with Crippen LogP contribution < -0.4 is 4.90 Å². The number of likely N-dealkylation sites (tertiary alicyclic amines) is 1. The average Bonchev–Trinajstić information content (AvgIpc) is 3.50. The summed E-state index contributed by atoms with van der Waals surface area (Å²) >= 11 is 0. The molecule has 3 aromatic rings. The van der Waals surface area contributed by atoms with Crippen LogP contribution in [0.2, 0.25) is 0 Å². The van der Waals surface area contributed by atoms with Crippen molar-refractivity contribution in [3.8, 4) is 11.3 Å². The van der Waals surface area contributed by atoms with Gasteiger partial charge in [-0.15, -0.1) is 0 Å².